The van der Waals surface area contributed by atoms with Crippen LogP contribution in [0.1, 0.15) is 12.8 Å². The maximum Gasteiger partial charge on any atom is 0.279 e. The second-order valence-electron chi connectivity index (χ2n) is 7.04. The molecule has 2 heterocycles. The fourth-order valence-corrected chi connectivity index (χ4v) is 5.64. The molecule has 10 nitrogen and oxygen atoms in total. The molecule has 2 aliphatic rings. The summed E-state index contributed by atoms with van der Waals surface area (Å²) in [7, 11) is -7.77. The number of rotatable bonds is 6. The van der Waals surface area contributed by atoms with E-state index in [1.54, 1.807) is 24.3 Å². The first kappa shape index (κ1) is 21.6. The molecule has 1 amide bonds. The van der Waals surface area contributed by atoms with Crippen LogP contribution in [0.5, 0.6) is 11.5 Å². The van der Waals surface area contributed by atoms with Gasteiger partial charge in [0.1, 0.15) is 6.61 Å². The van der Waals surface area contributed by atoms with Crippen molar-refractivity contribution in [1.29, 1.82) is 0 Å². The number of para-hydroxylation sites is 2. The summed E-state index contributed by atoms with van der Waals surface area (Å²) in [5.74, 6) is 0.147. The number of benzene rings is 2. The van der Waals surface area contributed by atoms with Crippen LogP contribution in [0, 0.1) is 0 Å². The number of carbonyl (C=O) groups is 1. The minimum Gasteiger partial charge on any atom is -0.485 e. The molecule has 1 atom stereocenters. The summed E-state index contributed by atoms with van der Waals surface area (Å²) in [6, 6.07) is 11.6. The Morgan fingerprint density at radius 1 is 0.903 bits per heavy atom. The zero-order chi connectivity index (χ0) is 22.1. The molecule has 2 aliphatic heterocycles. The largest absolute Gasteiger partial charge is 0.485 e. The van der Waals surface area contributed by atoms with Crippen LogP contribution in [-0.2, 0) is 24.8 Å². The Morgan fingerprint density at radius 3 is 2.19 bits per heavy atom. The molecule has 2 aromatic carbocycles. The lowest BCUT2D eigenvalue weighted by molar-refractivity contribution is -0.130. The minimum absolute atomic E-state index is 0.0174. The van der Waals surface area contributed by atoms with Crippen LogP contribution in [-0.4, -0.2) is 52.8 Å². The van der Waals surface area contributed by atoms with Crippen molar-refractivity contribution < 1.29 is 31.1 Å². The van der Waals surface area contributed by atoms with E-state index in [-0.39, 0.29) is 16.4 Å². The summed E-state index contributed by atoms with van der Waals surface area (Å²) in [5, 5.41) is 0. The van der Waals surface area contributed by atoms with Gasteiger partial charge in [-0.15, -0.1) is 4.83 Å². The quantitative estimate of drug-likeness (QED) is 0.596. The molecule has 0 unspecified atom stereocenters. The molecule has 166 valence electrons. The Morgan fingerprint density at radius 2 is 1.52 bits per heavy atom. The molecule has 4 rings (SSSR count). The van der Waals surface area contributed by atoms with Gasteiger partial charge in [-0.2, -0.15) is 4.31 Å². The fourth-order valence-electron chi connectivity index (χ4n) is 3.27. The third-order valence-electron chi connectivity index (χ3n) is 4.95. The summed E-state index contributed by atoms with van der Waals surface area (Å²) < 4.78 is 62.4. The average molecular weight is 468 g/mol. The number of hydrogen-bond acceptors (Lipinski definition) is 7. The molecule has 2 N–H and O–H groups in total. The van der Waals surface area contributed by atoms with Crippen LogP contribution in [0.15, 0.2) is 58.3 Å². The van der Waals surface area contributed by atoms with Crippen molar-refractivity contribution in [2.24, 2.45) is 0 Å². The van der Waals surface area contributed by atoms with E-state index in [1.165, 1.54) is 28.6 Å². The number of carbonyl (C=O) groups excluding carboxylic acids is 1. The lowest BCUT2D eigenvalue weighted by atomic mass is 10.2. The van der Waals surface area contributed by atoms with Gasteiger partial charge in [0.15, 0.2) is 11.5 Å². The molecule has 0 aliphatic carbocycles. The van der Waals surface area contributed by atoms with E-state index < -0.39 is 32.1 Å². The Kier molecular flexibility index (Phi) is 5.88. The van der Waals surface area contributed by atoms with Gasteiger partial charge in [-0.1, -0.05) is 12.1 Å². The average Bonchev–Trinajstić information content (AvgIpc) is 3.33. The third-order valence-corrected chi connectivity index (χ3v) is 8.12. The summed E-state index contributed by atoms with van der Waals surface area (Å²) in [6.45, 7) is 0.828. The van der Waals surface area contributed by atoms with E-state index in [1.807, 2.05) is 4.83 Å². The smallest absolute Gasteiger partial charge is 0.279 e. The highest BCUT2D eigenvalue weighted by molar-refractivity contribution is 7.89. The Bertz CT molecular complexity index is 1180. The van der Waals surface area contributed by atoms with E-state index in [4.69, 9.17) is 9.47 Å². The SMILES string of the molecule is O=C(NNS(=O)(=O)c1ccc(S(=O)(=O)N2CCCC2)cc1)[C@@H]1COc2ccccc2O1. The van der Waals surface area contributed by atoms with E-state index in [2.05, 4.69) is 5.43 Å². The first-order chi connectivity index (χ1) is 14.8. The highest BCUT2D eigenvalue weighted by atomic mass is 32.2. The van der Waals surface area contributed by atoms with Crippen molar-refractivity contribution in [2.75, 3.05) is 19.7 Å². The van der Waals surface area contributed by atoms with E-state index in [0.29, 0.717) is 24.6 Å². The van der Waals surface area contributed by atoms with E-state index >= 15 is 0 Å². The van der Waals surface area contributed by atoms with E-state index in [9.17, 15) is 21.6 Å². The Balaban J connectivity index is 1.39. The molecule has 2 aromatic rings. The Labute approximate surface area is 180 Å². The molecule has 1 saturated heterocycles. The topological polar surface area (TPSA) is 131 Å². The van der Waals surface area contributed by atoms with Gasteiger partial charge < -0.3 is 9.47 Å². The molecule has 0 saturated carbocycles. The second-order valence-corrected chi connectivity index (χ2v) is 10.7. The van der Waals surface area contributed by atoms with Crippen LogP contribution in [0.3, 0.4) is 0 Å². The summed E-state index contributed by atoms with van der Waals surface area (Å²) in [4.78, 5) is 14.1. The number of hydrogen-bond donors (Lipinski definition) is 2. The van der Waals surface area contributed by atoms with Gasteiger partial charge >= 0.3 is 0 Å². The van der Waals surface area contributed by atoms with Crippen LogP contribution in [0.4, 0.5) is 0 Å². The van der Waals surface area contributed by atoms with Gasteiger partial charge in [0.05, 0.1) is 9.79 Å². The molecule has 12 heteroatoms. The third kappa shape index (κ3) is 4.51. The number of amides is 1. The summed E-state index contributed by atoms with van der Waals surface area (Å²) in [5.41, 5.74) is 2.10. The van der Waals surface area contributed by atoms with Crippen LogP contribution in [0.25, 0.3) is 0 Å². The van der Waals surface area contributed by atoms with Gasteiger partial charge in [-0.05, 0) is 49.2 Å². The maximum atomic E-state index is 12.6. The highest BCUT2D eigenvalue weighted by Gasteiger charge is 2.29. The number of ether oxygens (including phenoxy) is 2. The molecular formula is C19H21N3O7S2. The highest BCUT2D eigenvalue weighted by Crippen LogP contribution is 2.30. The standard InChI is InChI=1S/C19H21N3O7S2/c23-19(18-13-28-16-5-1-2-6-17(16)29-18)20-21-30(24,25)14-7-9-15(10-8-14)31(26,27)22-11-3-4-12-22/h1-2,5-10,18,21H,3-4,11-13H2,(H,20,23)/t18-/m0/s1. The summed E-state index contributed by atoms with van der Waals surface area (Å²) in [6.07, 6.45) is 0.568. The summed E-state index contributed by atoms with van der Waals surface area (Å²) >= 11 is 0. The van der Waals surface area contributed by atoms with Gasteiger partial charge in [-0.25, -0.2) is 16.8 Å². The monoisotopic (exact) mass is 467 g/mol. The second kappa shape index (κ2) is 8.46. The molecular weight excluding hydrogens is 446 g/mol. The number of fused-ring (bicyclic) bond motifs is 1. The van der Waals surface area contributed by atoms with Crippen LogP contribution < -0.4 is 19.7 Å². The van der Waals surface area contributed by atoms with Gasteiger partial charge in [0, 0.05) is 13.1 Å². The first-order valence-corrected chi connectivity index (χ1v) is 12.5. The van der Waals surface area contributed by atoms with Gasteiger partial charge in [0.2, 0.25) is 16.1 Å². The predicted molar refractivity (Wildman–Crippen MR) is 109 cm³/mol. The van der Waals surface area contributed by atoms with Crippen molar-refractivity contribution in [3.8, 4) is 11.5 Å². The molecule has 1 fully saturated rings. The van der Waals surface area contributed by atoms with Gasteiger partial charge in [0.25, 0.3) is 15.9 Å². The minimum atomic E-state index is -4.12. The lowest BCUT2D eigenvalue weighted by Crippen LogP contribution is -2.50. The molecule has 0 aromatic heterocycles. The normalized spacial score (nSPS) is 19.2. The van der Waals surface area contributed by atoms with Crippen LogP contribution in [0.2, 0.25) is 0 Å². The van der Waals surface area contributed by atoms with E-state index in [0.717, 1.165) is 12.8 Å². The number of nitrogens with one attached hydrogen (secondary N) is 2. The van der Waals surface area contributed by atoms with Crippen molar-refractivity contribution in [2.45, 2.75) is 28.7 Å². The fraction of sp³-hybridized carbons (Fsp3) is 0.316. The molecule has 0 bridgehead atoms. The van der Waals surface area contributed by atoms with Crippen molar-refractivity contribution in [3.63, 3.8) is 0 Å². The lowest BCUT2D eigenvalue weighted by Gasteiger charge is -2.25. The van der Waals surface area contributed by atoms with Crippen LogP contribution >= 0.6 is 0 Å². The number of nitrogens with zero attached hydrogens (tertiary/aromatic N) is 1. The zero-order valence-corrected chi connectivity index (χ0v) is 18.0. The van der Waals surface area contributed by atoms with Crippen molar-refractivity contribution in [1.82, 2.24) is 14.6 Å². The number of sulfonamides is 2. The number of hydrazine groups is 1. The van der Waals surface area contributed by atoms with Crippen molar-refractivity contribution in [3.05, 3.63) is 48.5 Å². The molecule has 31 heavy (non-hydrogen) atoms. The zero-order valence-electron chi connectivity index (χ0n) is 16.4. The van der Waals surface area contributed by atoms with Gasteiger partial charge in [-0.3, -0.25) is 10.2 Å². The Hall–Kier alpha value is -2.67. The molecule has 0 radical (unpaired) electrons. The molecule has 0 spiro atoms. The predicted octanol–water partition coefficient (Wildman–Crippen LogP) is 0.621. The van der Waals surface area contributed by atoms with Crippen molar-refractivity contribution >= 4 is 26.0 Å². The maximum absolute atomic E-state index is 12.6. The first-order valence-electron chi connectivity index (χ1n) is 9.58.